The van der Waals surface area contributed by atoms with E-state index >= 15 is 0 Å². The molecule has 3 heterocycles. The number of aliphatic carboxylic acids is 2. The number of benzene rings is 2. The van der Waals surface area contributed by atoms with E-state index in [4.69, 9.17) is 22.9 Å². The third-order valence-electron chi connectivity index (χ3n) is 18.3. The highest BCUT2D eigenvalue weighted by Gasteiger charge is 2.42. The lowest BCUT2D eigenvalue weighted by Crippen LogP contribution is -2.62. The molecule has 1 aliphatic rings. The first-order chi connectivity index (χ1) is 55.1. The molecule has 2 aromatic carbocycles. The van der Waals surface area contributed by atoms with Gasteiger partial charge in [-0.05, 0) is 87.6 Å². The smallest absolute Gasteiger partial charge is 0.326 e. The molecular weight excluding hydrogens is 1540 g/mol. The molecule has 1 aliphatic heterocycles. The fourth-order valence-electron chi connectivity index (χ4n) is 11.9. The summed E-state index contributed by atoms with van der Waals surface area (Å²) in [7, 11) is 0. The number of nitrogens with two attached hydrogens (primary N) is 4. The number of imidazole rings is 2. The SMILES string of the molecule is CC(C)[C@H](NC(=O)[C@H](C)NC(=O)[C@H](Cc1c[nH]cn1)NC(=O)[C@H](CCC(N)=O)NC(=O)[C@H](CCCCN)NC(=O)[C@H](CO)NC(=O)[C@H](CS)NC(=O)[C@H](CO)NC(=O)[C@@H]1CCCN1C(=O)[C@H](Cc1c[nH]cn1)NC(=O)[C@@H](N)CC(=O)O)C(=O)N[C@@H](Cc1ccccc1)C(=O)N[C@@H](CCC(N)=O)C(=O)N[C@@H](Cc1ccc(O)cc1)C(=O)O. The van der Waals surface area contributed by atoms with Gasteiger partial charge in [-0.25, -0.2) is 14.8 Å². The highest BCUT2D eigenvalue weighted by molar-refractivity contribution is 7.80. The predicted molar refractivity (Wildman–Crippen MR) is 411 cm³/mol. The van der Waals surface area contributed by atoms with Gasteiger partial charge in [-0.3, -0.25) is 76.7 Å². The monoisotopic (exact) mass is 1650 g/mol. The number of likely N-dealkylation sites (tertiary alicyclic amines) is 1. The zero-order valence-corrected chi connectivity index (χ0v) is 64.8. The minimum absolute atomic E-state index is 0.0166. The predicted octanol–water partition coefficient (Wildman–Crippen LogP) is -7.95. The third kappa shape index (κ3) is 31.0. The van der Waals surface area contributed by atoms with E-state index in [-0.39, 0.29) is 82.3 Å². The van der Waals surface area contributed by atoms with Crippen molar-refractivity contribution in [2.24, 2.45) is 28.9 Å². The first-order valence-electron chi connectivity index (χ1n) is 37.1. The van der Waals surface area contributed by atoms with Crippen molar-refractivity contribution in [3.63, 3.8) is 0 Å². The maximum absolute atomic E-state index is 14.5. The van der Waals surface area contributed by atoms with Crippen LogP contribution in [0.5, 0.6) is 5.75 Å². The molecule has 15 amide bonds. The number of phenols is 1. The average Bonchev–Trinajstić information content (AvgIpc) is 1.64. The minimum atomic E-state index is -1.89. The number of aromatic nitrogens is 4. The van der Waals surface area contributed by atoms with Crippen molar-refractivity contribution in [2.75, 3.05) is 32.1 Å². The standard InChI is InChI=1S/C72H103N21O22S/c1-36(2)58(70(112)86-47(24-38-10-5-4-6-11-38)65(107)84-46(19-21-56(76)98)63(105)88-50(72(114)115)25-39-14-16-42(96)17-15-39)92-59(101)37(3)81-64(106)48(26-40-29-77-34-79-40)85-62(104)45(18-20-55(75)97)83-61(103)44(12-7-8-22-73)82-66(108)51(31-94)89-68(110)53(33-116)91-67(109)52(32-95)90-69(111)54-13-9-23-93(54)71(113)49(27-41-30-78-35-80-41)87-60(102)43(74)28-57(99)100/h4-6,10-11,14-17,29-30,34-37,43-54,58,94-96,116H,7-9,12-13,18-28,31-33,73-74H2,1-3H3,(H2,75,97)(H2,76,98)(H,77,79)(H,78,80)(H,81,106)(H,82,108)(H,83,103)(H,84,107)(H,85,104)(H,86,112)(H,87,102)(H,88,105)(H,89,110)(H,90,111)(H,91,109)(H,92,101)(H,99,100)(H,114,115)/t37-,43-,44-,45-,46-,47-,48-,49-,50-,51-,52-,53-,54-,58-/m0/s1. The summed E-state index contributed by atoms with van der Waals surface area (Å²) in [6.07, 6.45) is 2.11. The molecule has 1 saturated heterocycles. The number of hydrogen-bond donors (Lipinski definition) is 24. The van der Waals surface area contributed by atoms with Crippen LogP contribution in [0, 0.1) is 5.92 Å². The van der Waals surface area contributed by atoms with Gasteiger partial charge < -0.3 is 127 Å². The summed E-state index contributed by atoms with van der Waals surface area (Å²) in [5, 5.41) is 79.0. The number of primary amides is 2. The molecule has 44 heteroatoms. The van der Waals surface area contributed by atoms with Gasteiger partial charge in [-0.2, -0.15) is 12.6 Å². The lowest BCUT2D eigenvalue weighted by atomic mass is 10.00. The van der Waals surface area contributed by atoms with E-state index in [1.165, 1.54) is 56.2 Å². The Balaban J connectivity index is 1.27. The molecule has 0 spiro atoms. The number of aliphatic hydroxyl groups is 2. The topological polar surface area (TPSA) is 700 Å². The van der Waals surface area contributed by atoms with Gasteiger partial charge in [-0.15, -0.1) is 0 Å². The van der Waals surface area contributed by atoms with E-state index in [9.17, 15) is 107 Å². The van der Waals surface area contributed by atoms with Crippen molar-refractivity contribution in [1.29, 1.82) is 0 Å². The van der Waals surface area contributed by atoms with Crippen LogP contribution in [0.4, 0.5) is 0 Å². The molecule has 1 fully saturated rings. The van der Waals surface area contributed by atoms with Gasteiger partial charge in [0.05, 0.1) is 49.7 Å². The lowest BCUT2D eigenvalue weighted by molar-refractivity contribution is -0.143. The Hall–Kier alpha value is -12.2. The second-order valence-corrected chi connectivity index (χ2v) is 28.1. The second-order valence-electron chi connectivity index (χ2n) is 27.7. The molecule has 0 radical (unpaired) electrons. The number of thiol groups is 1. The molecule has 116 heavy (non-hydrogen) atoms. The van der Waals surface area contributed by atoms with Crippen molar-refractivity contribution in [3.05, 3.63) is 102 Å². The number of rotatable bonds is 50. The largest absolute Gasteiger partial charge is 0.508 e. The van der Waals surface area contributed by atoms with E-state index in [2.05, 4.69) is 96.4 Å². The van der Waals surface area contributed by atoms with Crippen LogP contribution in [0.15, 0.2) is 79.6 Å². The Labute approximate surface area is 670 Å². The molecule has 27 N–H and O–H groups in total. The van der Waals surface area contributed by atoms with Crippen molar-refractivity contribution in [1.82, 2.24) is 88.6 Å². The van der Waals surface area contributed by atoms with Crippen LogP contribution in [0.25, 0.3) is 0 Å². The maximum atomic E-state index is 14.5. The second kappa shape index (κ2) is 47.5. The number of carboxylic acid groups (broad SMARTS) is 2. The molecule has 0 saturated carbocycles. The fraction of sp³-hybridized carbons (Fsp3) is 0.514. The Kier molecular flexibility index (Phi) is 38.7. The van der Waals surface area contributed by atoms with Crippen molar-refractivity contribution in [2.45, 2.75) is 195 Å². The van der Waals surface area contributed by atoms with Crippen molar-refractivity contribution >= 4 is 113 Å². The number of carbonyl (C=O) groups is 17. The zero-order valence-electron chi connectivity index (χ0n) is 63.9. The number of carbonyl (C=O) groups excluding carboxylic acids is 15. The number of phenolic OH excluding ortho intramolecular Hbond substituents is 1. The number of amides is 15. The van der Waals surface area contributed by atoms with Crippen LogP contribution in [-0.4, -0.2) is 268 Å². The third-order valence-corrected chi connectivity index (χ3v) is 18.7. The van der Waals surface area contributed by atoms with Gasteiger partial charge in [0.1, 0.15) is 84.3 Å². The number of H-pyrrole nitrogens is 2. The number of aromatic hydroxyl groups is 1. The molecule has 14 atom stereocenters. The van der Waals surface area contributed by atoms with E-state index < -0.39 is 242 Å². The van der Waals surface area contributed by atoms with Gasteiger partial charge in [-0.1, -0.05) is 56.3 Å². The minimum Gasteiger partial charge on any atom is -0.508 e. The fourth-order valence-corrected chi connectivity index (χ4v) is 12.2. The van der Waals surface area contributed by atoms with Gasteiger partial charge in [0.2, 0.25) is 88.6 Å². The van der Waals surface area contributed by atoms with E-state index in [0.29, 0.717) is 16.8 Å². The van der Waals surface area contributed by atoms with Gasteiger partial charge >= 0.3 is 11.9 Å². The molecule has 5 rings (SSSR count). The number of nitrogens with one attached hydrogen (secondary N) is 14. The number of nitrogens with zero attached hydrogens (tertiary/aromatic N) is 3. The summed E-state index contributed by atoms with van der Waals surface area (Å²) in [6.45, 7) is 2.21. The highest BCUT2D eigenvalue weighted by Crippen LogP contribution is 2.21. The quantitative estimate of drug-likeness (QED) is 0.0144. The van der Waals surface area contributed by atoms with E-state index in [1.54, 1.807) is 44.2 Å². The van der Waals surface area contributed by atoms with Crippen LogP contribution >= 0.6 is 12.6 Å². The van der Waals surface area contributed by atoms with Crippen LogP contribution in [0.3, 0.4) is 0 Å². The summed E-state index contributed by atoms with van der Waals surface area (Å²) >= 11 is 4.15. The Morgan fingerprint density at radius 3 is 1.45 bits per heavy atom. The number of aliphatic hydroxyl groups excluding tert-OH is 2. The Morgan fingerprint density at radius 1 is 0.509 bits per heavy atom. The molecule has 0 unspecified atom stereocenters. The summed E-state index contributed by atoms with van der Waals surface area (Å²) in [4.78, 5) is 245. The van der Waals surface area contributed by atoms with Gasteiger partial charge in [0.15, 0.2) is 0 Å². The van der Waals surface area contributed by atoms with Gasteiger partial charge in [0.25, 0.3) is 0 Å². The zero-order chi connectivity index (χ0) is 85.9. The average molecular weight is 1650 g/mol. The first-order valence-corrected chi connectivity index (χ1v) is 37.7. The number of hydrogen-bond acceptors (Lipinski definition) is 25. The number of carboxylic acids is 2. The van der Waals surface area contributed by atoms with Crippen molar-refractivity contribution < 1.29 is 107 Å². The van der Waals surface area contributed by atoms with Gasteiger partial charge in [0, 0.05) is 63.2 Å². The number of unbranched alkanes of at least 4 members (excludes halogenated alkanes) is 1. The molecule has 4 aromatic rings. The normalized spacial score (nSPS) is 15.8. The molecule has 43 nitrogen and oxygen atoms in total. The first kappa shape index (κ1) is 94.4. The van der Waals surface area contributed by atoms with E-state index in [1.807, 2.05) is 0 Å². The summed E-state index contributed by atoms with van der Waals surface area (Å²) < 4.78 is 0. The summed E-state index contributed by atoms with van der Waals surface area (Å²) in [5.74, 6) is -19.4. The number of aromatic amines is 2. The molecule has 0 bridgehead atoms. The van der Waals surface area contributed by atoms with Crippen LogP contribution in [-0.2, 0) is 107 Å². The van der Waals surface area contributed by atoms with E-state index in [0.717, 1.165) is 4.90 Å². The molecular formula is C72H103N21O22S. The molecule has 2 aromatic heterocycles. The van der Waals surface area contributed by atoms with Crippen molar-refractivity contribution in [3.8, 4) is 5.75 Å². The molecule has 0 aliphatic carbocycles. The highest BCUT2D eigenvalue weighted by atomic mass is 32.1. The van der Waals surface area contributed by atoms with Crippen LogP contribution in [0.1, 0.15) is 107 Å². The van der Waals surface area contributed by atoms with Crippen LogP contribution in [0.2, 0.25) is 0 Å². The van der Waals surface area contributed by atoms with Crippen LogP contribution < -0.4 is 86.7 Å². The molecule has 634 valence electrons. The maximum Gasteiger partial charge on any atom is 0.326 e. The summed E-state index contributed by atoms with van der Waals surface area (Å²) in [6, 6.07) is -8.46. The Morgan fingerprint density at radius 2 is 0.948 bits per heavy atom. The summed E-state index contributed by atoms with van der Waals surface area (Å²) in [5.41, 5.74) is 23.8. The Bertz CT molecular complexity index is 4030. The lowest BCUT2D eigenvalue weighted by Gasteiger charge is -2.30.